The number of ether oxygens (including phenoxy) is 1. The van der Waals surface area contributed by atoms with Gasteiger partial charge in [-0.1, -0.05) is 17.7 Å². The molecule has 0 fully saturated rings. The van der Waals surface area contributed by atoms with E-state index in [2.05, 4.69) is 10.4 Å². The minimum absolute atomic E-state index is 0.0941. The van der Waals surface area contributed by atoms with E-state index in [-0.39, 0.29) is 40.3 Å². The molecule has 1 heterocycles. The highest BCUT2D eigenvalue weighted by Gasteiger charge is 2.12. The van der Waals surface area contributed by atoms with Crippen molar-refractivity contribution in [3.05, 3.63) is 40.7 Å². The molecule has 0 aliphatic heterocycles. The van der Waals surface area contributed by atoms with Crippen LogP contribution >= 0.6 is 11.6 Å². The maximum absolute atomic E-state index is 13.6. The van der Waals surface area contributed by atoms with Crippen molar-refractivity contribution < 1.29 is 9.13 Å². The van der Waals surface area contributed by atoms with E-state index in [1.54, 1.807) is 6.07 Å². The molecule has 0 aliphatic carbocycles. The Hall–Kier alpha value is -2.25. The number of anilines is 3. The Morgan fingerprint density at radius 3 is 2.75 bits per heavy atom. The molecule has 0 amide bonds. The Morgan fingerprint density at radius 2 is 2.10 bits per heavy atom. The Balaban J connectivity index is 2.25. The summed E-state index contributed by atoms with van der Waals surface area (Å²) in [6.07, 6.45) is 0. The zero-order valence-corrected chi connectivity index (χ0v) is 11.1. The fourth-order valence-corrected chi connectivity index (χ4v) is 1.82. The van der Waals surface area contributed by atoms with Crippen LogP contribution in [0.25, 0.3) is 0 Å². The molecule has 20 heavy (non-hydrogen) atoms. The number of nitrogens with zero attached hydrogens (tertiary/aromatic N) is 1. The first-order valence-electron chi connectivity index (χ1n) is 5.61. The minimum atomic E-state index is -0.463. The zero-order valence-electron chi connectivity index (χ0n) is 10.4. The lowest BCUT2D eigenvalue weighted by Gasteiger charge is -2.13. The first kappa shape index (κ1) is 14.2. The van der Waals surface area contributed by atoms with Crippen LogP contribution in [0, 0.1) is 5.82 Å². The second-order valence-electron chi connectivity index (χ2n) is 3.94. The van der Waals surface area contributed by atoms with Crippen molar-refractivity contribution in [2.24, 2.45) is 5.84 Å². The highest BCUT2D eigenvalue weighted by Crippen LogP contribution is 2.31. The van der Waals surface area contributed by atoms with Gasteiger partial charge < -0.3 is 21.6 Å². The Labute approximate surface area is 119 Å². The lowest BCUT2D eigenvalue weighted by atomic mass is 10.2. The van der Waals surface area contributed by atoms with E-state index in [1.165, 1.54) is 18.2 Å². The molecule has 106 valence electrons. The fraction of sp³-hybridized carbons (Fsp3) is 0.0833. The minimum Gasteiger partial charge on any atom is -0.486 e. The van der Waals surface area contributed by atoms with Gasteiger partial charge in [-0.15, -0.1) is 0 Å². The van der Waals surface area contributed by atoms with Gasteiger partial charge in [0.2, 0.25) is 0 Å². The lowest BCUT2D eigenvalue weighted by Crippen LogP contribution is -2.13. The summed E-state index contributed by atoms with van der Waals surface area (Å²) in [5, 5.41) is 0.266. The molecule has 2 aromatic rings. The van der Waals surface area contributed by atoms with Crippen molar-refractivity contribution in [3.8, 4) is 5.75 Å². The summed E-state index contributed by atoms with van der Waals surface area (Å²) >= 11 is 5.90. The van der Waals surface area contributed by atoms with E-state index in [9.17, 15) is 4.39 Å². The van der Waals surface area contributed by atoms with E-state index >= 15 is 0 Å². The number of hydrogen-bond acceptors (Lipinski definition) is 6. The summed E-state index contributed by atoms with van der Waals surface area (Å²) in [4.78, 5) is 3.88. The van der Waals surface area contributed by atoms with Crippen LogP contribution in [0.5, 0.6) is 5.75 Å². The summed E-state index contributed by atoms with van der Waals surface area (Å²) in [5.41, 5.74) is 14.1. The molecule has 0 aliphatic rings. The van der Waals surface area contributed by atoms with Crippen LogP contribution in [0.3, 0.4) is 0 Å². The Morgan fingerprint density at radius 1 is 1.35 bits per heavy atom. The third-order valence-corrected chi connectivity index (χ3v) is 2.96. The van der Waals surface area contributed by atoms with Crippen LogP contribution in [0.2, 0.25) is 5.02 Å². The number of hydrogen-bond donors (Lipinski definition) is 4. The van der Waals surface area contributed by atoms with Crippen molar-refractivity contribution in [1.29, 1.82) is 0 Å². The van der Waals surface area contributed by atoms with Gasteiger partial charge in [-0.05, 0) is 12.1 Å². The summed E-state index contributed by atoms with van der Waals surface area (Å²) < 4.78 is 19.1. The van der Waals surface area contributed by atoms with Gasteiger partial charge in [0.05, 0.1) is 5.02 Å². The maximum Gasteiger partial charge on any atom is 0.169 e. The number of benzene rings is 1. The smallest absolute Gasteiger partial charge is 0.169 e. The monoisotopic (exact) mass is 297 g/mol. The number of halogens is 2. The number of aromatic nitrogens is 1. The predicted octanol–water partition coefficient (Wildman–Crippen LogP) is 1.90. The highest BCUT2D eigenvalue weighted by molar-refractivity contribution is 6.31. The average molecular weight is 298 g/mol. The topological polar surface area (TPSA) is 112 Å². The van der Waals surface area contributed by atoms with Gasteiger partial charge in [-0.25, -0.2) is 15.2 Å². The van der Waals surface area contributed by atoms with Crippen LogP contribution in [-0.4, -0.2) is 4.98 Å². The normalized spacial score (nSPS) is 10.3. The van der Waals surface area contributed by atoms with Gasteiger partial charge >= 0.3 is 0 Å². The highest BCUT2D eigenvalue weighted by atomic mass is 35.5. The molecule has 0 spiro atoms. The third kappa shape index (κ3) is 2.84. The van der Waals surface area contributed by atoms with E-state index < -0.39 is 5.82 Å². The predicted molar refractivity (Wildman–Crippen MR) is 76.6 cm³/mol. The van der Waals surface area contributed by atoms with Crippen molar-refractivity contribution in [2.45, 2.75) is 6.61 Å². The van der Waals surface area contributed by atoms with Gasteiger partial charge in [0.25, 0.3) is 0 Å². The molecule has 2 rings (SSSR count). The number of pyridine rings is 1. The van der Waals surface area contributed by atoms with Crippen molar-refractivity contribution in [3.63, 3.8) is 0 Å². The number of nitrogens with two attached hydrogens (primary N) is 3. The molecule has 0 saturated heterocycles. The summed E-state index contributed by atoms with van der Waals surface area (Å²) in [6.45, 7) is -0.0941. The Bertz CT molecular complexity index is 617. The summed E-state index contributed by atoms with van der Waals surface area (Å²) in [7, 11) is 0. The largest absolute Gasteiger partial charge is 0.486 e. The molecule has 0 atom stereocenters. The van der Waals surface area contributed by atoms with Crippen molar-refractivity contribution in [1.82, 2.24) is 4.98 Å². The first-order chi connectivity index (χ1) is 9.52. The van der Waals surface area contributed by atoms with Crippen molar-refractivity contribution >= 4 is 28.9 Å². The van der Waals surface area contributed by atoms with E-state index in [4.69, 9.17) is 33.6 Å². The Kier molecular flexibility index (Phi) is 4.11. The molecule has 6 nitrogen and oxygen atoms in total. The van der Waals surface area contributed by atoms with Gasteiger partial charge in [0.1, 0.15) is 29.7 Å². The second-order valence-corrected chi connectivity index (χ2v) is 4.35. The van der Waals surface area contributed by atoms with Crippen LogP contribution in [0.15, 0.2) is 24.3 Å². The number of nitrogens with one attached hydrogen (secondary N) is 1. The molecule has 1 aromatic heterocycles. The molecule has 8 heteroatoms. The van der Waals surface area contributed by atoms with Crippen LogP contribution in [0.4, 0.5) is 21.7 Å². The summed E-state index contributed by atoms with van der Waals surface area (Å²) in [6, 6.07) is 5.80. The van der Waals surface area contributed by atoms with Gasteiger partial charge in [-0.2, -0.15) is 0 Å². The van der Waals surface area contributed by atoms with Crippen LogP contribution in [-0.2, 0) is 6.61 Å². The third-order valence-electron chi connectivity index (χ3n) is 2.61. The van der Waals surface area contributed by atoms with Crippen molar-refractivity contribution in [2.75, 3.05) is 16.9 Å². The van der Waals surface area contributed by atoms with Crippen LogP contribution in [0.1, 0.15) is 5.56 Å². The fourth-order valence-electron chi connectivity index (χ4n) is 1.60. The standard InChI is InChI=1S/C12H13ClFN5O/c13-7-2-1-3-8(14)6(7)5-20-9-4-10(15)18-12(19-17)11(9)16/h1-4H,5,16-17H2,(H3,15,18,19). The zero-order chi connectivity index (χ0) is 14.7. The van der Waals surface area contributed by atoms with E-state index in [0.717, 1.165) is 0 Å². The maximum atomic E-state index is 13.6. The molecule has 0 unspecified atom stereocenters. The quantitative estimate of drug-likeness (QED) is 0.506. The average Bonchev–Trinajstić information content (AvgIpc) is 2.41. The summed E-state index contributed by atoms with van der Waals surface area (Å²) in [5.74, 6) is 5.39. The van der Waals surface area contributed by atoms with Gasteiger partial charge in [0.15, 0.2) is 5.82 Å². The molecule has 0 bridgehead atoms. The van der Waals surface area contributed by atoms with E-state index in [0.29, 0.717) is 0 Å². The first-order valence-corrected chi connectivity index (χ1v) is 5.99. The SMILES string of the molecule is NNc1nc(N)cc(OCc2c(F)cccc2Cl)c1N. The number of nitrogen functional groups attached to an aromatic ring is 3. The molecule has 1 aromatic carbocycles. The van der Waals surface area contributed by atoms with Gasteiger partial charge in [-0.3, -0.25) is 0 Å². The number of hydrazine groups is 1. The molecular formula is C12H13ClFN5O. The number of rotatable bonds is 4. The second kappa shape index (κ2) is 5.81. The molecular weight excluding hydrogens is 285 g/mol. The molecule has 7 N–H and O–H groups in total. The van der Waals surface area contributed by atoms with E-state index in [1.807, 2.05) is 0 Å². The van der Waals surface area contributed by atoms with Gasteiger partial charge in [0, 0.05) is 11.6 Å². The molecule has 0 radical (unpaired) electrons. The lowest BCUT2D eigenvalue weighted by molar-refractivity contribution is 0.301. The van der Waals surface area contributed by atoms with Crippen LogP contribution < -0.4 is 27.5 Å². The molecule has 0 saturated carbocycles.